The summed E-state index contributed by atoms with van der Waals surface area (Å²) in [5.74, 6) is 0.365. The molecule has 0 radical (unpaired) electrons. The van der Waals surface area contributed by atoms with Crippen molar-refractivity contribution in [2.45, 2.75) is 48.0 Å². The minimum atomic E-state index is -1.70. The molecule has 1 amide bonds. The van der Waals surface area contributed by atoms with Gasteiger partial charge in [-0.05, 0) is 41.0 Å². The Morgan fingerprint density at radius 3 is 2.22 bits per heavy atom. The van der Waals surface area contributed by atoms with Gasteiger partial charge in [-0.3, -0.25) is 0 Å². The number of ether oxygens (including phenoxy) is 1. The number of halogens is 3. The van der Waals surface area contributed by atoms with Gasteiger partial charge in [0.2, 0.25) is 3.79 Å². The smallest absolute Gasteiger partial charge is 0.410 e. The van der Waals surface area contributed by atoms with Crippen molar-refractivity contribution in [3.8, 4) is 0 Å². The third-order valence-electron chi connectivity index (χ3n) is 5.93. The predicted octanol–water partition coefficient (Wildman–Crippen LogP) is 6.66. The first-order valence-corrected chi connectivity index (χ1v) is 11.8. The molecule has 1 fully saturated rings. The summed E-state index contributed by atoms with van der Waals surface area (Å²) >= 11 is 17.2. The number of benzene rings is 2. The fraction of sp³-hybridized carbons (Fsp3) is 0.400. The van der Waals surface area contributed by atoms with Crippen molar-refractivity contribution in [1.29, 1.82) is 0 Å². The average Bonchev–Trinajstić information content (AvgIpc) is 3.27. The van der Waals surface area contributed by atoms with E-state index in [2.05, 4.69) is 20.4 Å². The molecular formula is C25H28Cl3NO3. The molecule has 2 atom stereocenters. The second-order valence-corrected chi connectivity index (χ2v) is 10.9. The lowest BCUT2D eigenvalue weighted by molar-refractivity contribution is -0.00530. The minimum Gasteiger partial charge on any atom is -0.445 e. The maximum absolute atomic E-state index is 12.9. The van der Waals surface area contributed by atoms with Crippen LogP contribution < -0.4 is 0 Å². The van der Waals surface area contributed by atoms with Gasteiger partial charge in [-0.1, -0.05) is 110 Å². The van der Waals surface area contributed by atoms with Crippen molar-refractivity contribution < 1.29 is 14.6 Å². The normalized spacial score (nSPS) is 18.5. The van der Waals surface area contributed by atoms with Crippen LogP contribution in [0.15, 0.2) is 55.1 Å². The van der Waals surface area contributed by atoms with E-state index in [9.17, 15) is 9.90 Å². The van der Waals surface area contributed by atoms with E-state index in [4.69, 9.17) is 39.5 Å². The van der Waals surface area contributed by atoms with Crippen molar-refractivity contribution in [2.24, 2.45) is 0 Å². The highest BCUT2D eigenvalue weighted by molar-refractivity contribution is 6.67. The molecule has 0 aromatic heterocycles. The number of aliphatic hydroxyl groups is 1. The van der Waals surface area contributed by atoms with E-state index < -0.39 is 21.5 Å². The molecule has 3 rings (SSSR count). The van der Waals surface area contributed by atoms with E-state index in [-0.39, 0.29) is 6.61 Å². The van der Waals surface area contributed by atoms with Crippen molar-refractivity contribution in [1.82, 2.24) is 4.90 Å². The lowest BCUT2D eigenvalue weighted by atomic mass is 9.78. The Labute approximate surface area is 204 Å². The molecule has 7 heteroatoms. The molecule has 172 valence electrons. The molecule has 0 spiro atoms. The highest BCUT2D eigenvalue weighted by Gasteiger charge is 2.48. The van der Waals surface area contributed by atoms with E-state index >= 15 is 0 Å². The Kier molecular flexibility index (Phi) is 7.82. The molecule has 1 saturated heterocycles. The lowest BCUT2D eigenvalue weighted by Crippen LogP contribution is -2.51. The van der Waals surface area contributed by atoms with Crippen LogP contribution in [0.3, 0.4) is 0 Å². The van der Waals surface area contributed by atoms with Gasteiger partial charge in [0.1, 0.15) is 12.2 Å². The monoisotopic (exact) mass is 495 g/mol. The number of rotatable bonds is 6. The van der Waals surface area contributed by atoms with Gasteiger partial charge in [-0.2, -0.15) is 0 Å². The Hall–Kier alpha value is -1.72. The number of amides is 1. The van der Waals surface area contributed by atoms with Crippen LogP contribution in [0.2, 0.25) is 0 Å². The van der Waals surface area contributed by atoms with Gasteiger partial charge in [0.05, 0.1) is 6.04 Å². The molecule has 1 unspecified atom stereocenters. The van der Waals surface area contributed by atoms with E-state index in [0.29, 0.717) is 30.0 Å². The molecule has 2 aromatic carbocycles. The molecule has 32 heavy (non-hydrogen) atoms. The predicted molar refractivity (Wildman–Crippen MR) is 131 cm³/mol. The van der Waals surface area contributed by atoms with Crippen molar-refractivity contribution in [3.05, 3.63) is 77.4 Å². The van der Waals surface area contributed by atoms with Crippen LogP contribution in [0.4, 0.5) is 4.79 Å². The first-order chi connectivity index (χ1) is 15.1. The quantitative estimate of drug-likeness (QED) is 0.455. The van der Waals surface area contributed by atoms with Crippen LogP contribution in [0.25, 0.3) is 6.08 Å². The van der Waals surface area contributed by atoms with Gasteiger partial charge in [0, 0.05) is 6.54 Å². The number of carbonyl (C=O) groups excluding carboxylic acids is 1. The van der Waals surface area contributed by atoms with Crippen LogP contribution in [0.5, 0.6) is 0 Å². The van der Waals surface area contributed by atoms with Crippen molar-refractivity contribution in [2.75, 3.05) is 13.2 Å². The van der Waals surface area contributed by atoms with Gasteiger partial charge in [-0.15, -0.1) is 0 Å². The lowest BCUT2D eigenvalue weighted by Gasteiger charge is -2.40. The third kappa shape index (κ3) is 5.43. The van der Waals surface area contributed by atoms with E-state index in [1.54, 1.807) is 6.08 Å². The number of hydrogen-bond acceptors (Lipinski definition) is 3. The summed E-state index contributed by atoms with van der Waals surface area (Å²) in [6.07, 6.45) is 2.47. The summed E-state index contributed by atoms with van der Waals surface area (Å²) in [4.78, 5) is 14.4. The van der Waals surface area contributed by atoms with E-state index in [1.165, 1.54) is 10.5 Å². The minimum absolute atomic E-state index is 0.365. The molecule has 0 saturated carbocycles. The second-order valence-electron chi connectivity index (χ2n) is 8.39. The van der Waals surface area contributed by atoms with Gasteiger partial charge in [-0.25, -0.2) is 4.79 Å². The first kappa shape index (κ1) is 24.9. The van der Waals surface area contributed by atoms with Crippen LogP contribution >= 0.6 is 34.8 Å². The summed E-state index contributed by atoms with van der Waals surface area (Å²) < 4.78 is 3.54. The zero-order chi connectivity index (χ0) is 23.5. The molecule has 0 bridgehead atoms. The Morgan fingerprint density at radius 1 is 1.16 bits per heavy atom. The van der Waals surface area contributed by atoms with Crippen LogP contribution in [-0.2, 0) is 10.3 Å². The van der Waals surface area contributed by atoms with E-state index in [1.807, 2.05) is 48.5 Å². The highest BCUT2D eigenvalue weighted by Crippen LogP contribution is 2.41. The van der Waals surface area contributed by atoms with Crippen LogP contribution in [-0.4, -0.2) is 39.1 Å². The summed E-state index contributed by atoms with van der Waals surface area (Å²) in [7, 11) is 0. The SMILES string of the molecule is C=Cc1ccc(C(O)(c2ccc(C(C)C)cc2)[C@@H]2CCCN2C(=O)OCC(Cl)(Cl)Cl)cc1. The fourth-order valence-electron chi connectivity index (χ4n) is 4.19. The number of hydrogen-bond donors (Lipinski definition) is 1. The Bertz CT molecular complexity index is 938. The maximum Gasteiger partial charge on any atom is 0.410 e. The molecule has 1 heterocycles. The molecule has 0 aliphatic carbocycles. The number of likely N-dealkylation sites (tertiary alicyclic amines) is 1. The second kappa shape index (κ2) is 10.0. The van der Waals surface area contributed by atoms with Gasteiger partial charge in [0.15, 0.2) is 0 Å². The summed E-state index contributed by atoms with van der Waals surface area (Å²) in [6.45, 7) is 8.11. The zero-order valence-corrected chi connectivity index (χ0v) is 20.5. The molecule has 1 aliphatic rings. The van der Waals surface area contributed by atoms with Crippen LogP contribution in [0.1, 0.15) is 54.9 Å². The summed E-state index contributed by atoms with van der Waals surface area (Å²) in [5, 5.41) is 12.2. The number of alkyl halides is 3. The van der Waals surface area contributed by atoms with Crippen LogP contribution in [0, 0.1) is 0 Å². The standard InChI is InChI=1S/C25H28Cl3NO3/c1-4-18-7-11-20(12-8-18)25(31,21-13-9-19(10-14-21)17(2)3)22-6-5-15-29(22)23(30)32-16-24(26,27)28/h4,7-14,17,22,31H,1,5-6,15-16H2,2-3H3/t22-,25?/m0/s1. The molecule has 4 nitrogen and oxygen atoms in total. The topological polar surface area (TPSA) is 49.8 Å². The van der Waals surface area contributed by atoms with Gasteiger partial charge < -0.3 is 14.7 Å². The largest absolute Gasteiger partial charge is 0.445 e. The molecule has 1 aliphatic heterocycles. The number of carbonyl (C=O) groups is 1. The summed E-state index contributed by atoms with van der Waals surface area (Å²) in [5.41, 5.74) is 2.07. The molecular weight excluding hydrogens is 469 g/mol. The van der Waals surface area contributed by atoms with Gasteiger partial charge >= 0.3 is 6.09 Å². The van der Waals surface area contributed by atoms with Crippen molar-refractivity contribution in [3.63, 3.8) is 0 Å². The average molecular weight is 497 g/mol. The molecule has 2 aromatic rings. The zero-order valence-electron chi connectivity index (χ0n) is 18.2. The fourth-order valence-corrected chi connectivity index (χ4v) is 4.36. The molecule has 1 N–H and O–H groups in total. The highest BCUT2D eigenvalue weighted by atomic mass is 35.6. The summed E-state index contributed by atoms with van der Waals surface area (Å²) in [6, 6.07) is 14.9. The van der Waals surface area contributed by atoms with Crippen molar-refractivity contribution >= 4 is 47.0 Å². The van der Waals surface area contributed by atoms with E-state index in [0.717, 1.165) is 12.0 Å². The maximum atomic E-state index is 12.9. The number of nitrogens with zero attached hydrogens (tertiary/aromatic N) is 1. The third-order valence-corrected chi connectivity index (χ3v) is 6.26. The first-order valence-electron chi connectivity index (χ1n) is 10.6. The Balaban J connectivity index is 2.02. The Morgan fingerprint density at radius 2 is 1.72 bits per heavy atom. The van der Waals surface area contributed by atoms with Gasteiger partial charge in [0.25, 0.3) is 0 Å².